The smallest absolute Gasteiger partial charge is 0.313 e. The molecule has 9 nitrogen and oxygen atoms in total. The van der Waals surface area contributed by atoms with E-state index in [0.717, 1.165) is 11.8 Å². The molecule has 0 aliphatic carbocycles. The summed E-state index contributed by atoms with van der Waals surface area (Å²) in [6.07, 6.45) is 1.34. The van der Waals surface area contributed by atoms with E-state index in [2.05, 4.69) is 20.6 Å². The van der Waals surface area contributed by atoms with Crippen LogP contribution in [0.15, 0.2) is 36.7 Å². The number of amides is 1. The third-order valence-corrected chi connectivity index (χ3v) is 6.39. The van der Waals surface area contributed by atoms with Gasteiger partial charge < -0.3 is 20.5 Å². The Morgan fingerprint density at radius 1 is 1.22 bits per heavy atom. The summed E-state index contributed by atoms with van der Waals surface area (Å²) in [5.74, 6) is -1.55. The van der Waals surface area contributed by atoms with E-state index in [1.807, 2.05) is 6.92 Å². The van der Waals surface area contributed by atoms with Crippen LogP contribution in [0.3, 0.4) is 0 Å². The number of benzene rings is 2. The van der Waals surface area contributed by atoms with Gasteiger partial charge in [0.15, 0.2) is 5.78 Å². The topological polar surface area (TPSA) is 131 Å². The lowest BCUT2D eigenvalue weighted by molar-refractivity contribution is -0.133. The van der Waals surface area contributed by atoms with Crippen LogP contribution in [0, 0.1) is 5.82 Å². The van der Waals surface area contributed by atoms with Gasteiger partial charge in [0.25, 0.3) is 0 Å². The summed E-state index contributed by atoms with van der Waals surface area (Å²) in [7, 11) is 0. The molecule has 2 aromatic carbocycles. The standard InChI is InChI=1S/C24H24ClFN4O5S/c1-3-35-21-9-20-17(23(29-12-28-20)30-15-4-5-19(26)18(25)8-15)7-14(21)6-16(31)10-27-24(34)13(2)36-11-22(32)33/h4-5,7-9,12-13H,3,6,10-11H2,1-2H3,(H,27,34)(H,32,33)(H,28,29,30). The van der Waals surface area contributed by atoms with Crippen molar-refractivity contribution in [2.75, 3.05) is 24.2 Å². The van der Waals surface area contributed by atoms with Crippen LogP contribution in [0.2, 0.25) is 5.02 Å². The Morgan fingerprint density at radius 3 is 2.69 bits per heavy atom. The van der Waals surface area contributed by atoms with E-state index in [0.29, 0.717) is 40.3 Å². The van der Waals surface area contributed by atoms with Gasteiger partial charge >= 0.3 is 5.97 Å². The maximum atomic E-state index is 13.5. The minimum atomic E-state index is -1.02. The number of ketones is 1. The van der Waals surface area contributed by atoms with Crippen LogP contribution in [-0.4, -0.2) is 56.9 Å². The quantitative estimate of drug-likeness (QED) is 0.315. The average molecular weight is 535 g/mol. The van der Waals surface area contributed by atoms with E-state index in [4.69, 9.17) is 21.4 Å². The number of hydrogen-bond acceptors (Lipinski definition) is 8. The first-order chi connectivity index (χ1) is 17.2. The summed E-state index contributed by atoms with van der Waals surface area (Å²) in [6, 6.07) is 7.63. The summed E-state index contributed by atoms with van der Waals surface area (Å²) in [5.41, 5.74) is 1.66. The number of nitrogens with zero attached hydrogens (tertiary/aromatic N) is 2. The van der Waals surface area contributed by atoms with Crippen molar-refractivity contribution in [1.29, 1.82) is 0 Å². The third kappa shape index (κ3) is 7.28. The van der Waals surface area contributed by atoms with Gasteiger partial charge in [-0.1, -0.05) is 11.6 Å². The number of aliphatic carboxylic acids is 1. The van der Waals surface area contributed by atoms with E-state index in [9.17, 15) is 18.8 Å². The number of carboxylic acid groups (broad SMARTS) is 1. The zero-order valence-electron chi connectivity index (χ0n) is 19.5. The van der Waals surface area contributed by atoms with Crippen LogP contribution in [0.1, 0.15) is 19.4 Å². The maximum absolute atomic E-state index is 13.5. The van der Waals surface area contributed by atoms with Gasteiger partial charge in [0.1, 0.15) is 23.7 Å². The Bertz CT molecular complexity index is 1290. The molecule has 0 aliphatic rings. The number of anilines is 2. The number of hydrogen-bond donors (Lipinski definition) is 3. The molecule has 12 heteroatoms. The van der Waals surface area contributed by atoms with Gasteiger partial charge in [0.05, 0.1) is 34.7 Å². The fraction of sp³-hybridized carbons (Fsp3) is 0.292. The monoisotopic (exact) mass is 534 g/mol. The number of aromatic nitrogens is 2. The fourth-order valence-electron chi connectivity index (χ4n) is 3.24. The minimum Gasteiger partial charge on any atom is -0.494 e. The minimum absolute atomic E-state index is 0.0289. The number of carbonyl (C=O) groups is 3. The van der Waals surface area contributed by atoms with Gasteiger partial charge in [-0.15, -0.1) is 11.8 Å². The highest BCUT2D eigenvalue weighted by molar-refractivity contribution is 8.01. The van der Waals surface area contributed by atoms with Crippen LogP contribution in [0.4, 0.5) is 15.9 Å². The predicted octanol–water partition coefficient (Wildman–Crippen LogP) is 4.00. The fourth-order valence-corrected chi connectivity index (χ4v) is 4.05. The lowest BCUT2D eigenvalue weighted by Crippen LogP contribution is -2.35. The van der Waals surface area contributed by atoms with Crippen molar-refractivity contribution in [3.8, 4) is 5.75 Å². The number of fused-ring (bicyclic) bond motifs is 1. The summed E-state index contributed by atoms with van der Waals surface area (Å²) >= 11 is 6.85. The van der Waals surface area contributed by atoms with Crippen molar-refractivity contribution < 1.29 is 28.6 Å². The molecule has 0 fully saturated rings. The van der Waals surface area contributed by atoms with E-state index in [-0.39, 0.29) is 29.5 Å². The first kappa shape index (κ1) is 27.2. The highest BCUT2D eigenvalue weighted by Crippen LogP contribution is 2.31. The van der Waals surface area contributed by atoms with Gasteiger partial charge in [0, 0.05) is 29.1 Å². The Morgan fingerprint density at radius 2 is 2.00 bits per heavy atom. The number of halogens is 2. The summed E-state index contributed by atoms with van der Waals surface area (Å²) in [4.78, 5) is 44.1. The van der Waals surface area contributed by atoms with Crippen LogP contribution >= 0.6 is 23.4 Å². The number of rotatable bonds is 12. The lowest BCUT2D eigenvalue weighted by atomic mass is 10.0. The molecule has 1 heterocycles. The molecule has 3 rings (SSSR count). The Balaban J connectivity index is 1.79. The van der Waals surface area contributed by atoms with Gasteiger partial charge in [-0.25, -0.2) is 14.4 Å². The molecule has 1 unspecified atom stereocenters. The van der Waals surface area contributed by atoms with E-state index >= 15 is 0 Å². The highest BCUT2D eigenvalue weighted by Gasteiger charge is 2.18. The van der Waals surface area contributed by atoms with Crippen molar-refractivity contribution in [2.45, 2.75) is 25.5 Å². The second kappa shape index (κ2) is 12.5. The molecule has 0 bridgehead atoms. The number of nitrogens with one attached hydrogen (secondary N) is 2. The van der Waals surface area contributed by atoms with Gasteiger partial charge in [0.2, 0.25) is 5.91 Å². The molecular formula is C24H24ClFN4O5S. The van der Waals surface area contributed by atoms with Gasteiger partial charge in [-0.3, -0.25) is 14.4 Å². The van der Waals surface area contributed by atoms with Crippen LogP contribution in [0.5, 0.6) is 5.75 Å². The summed E-state index contributed by atoms with van der Waals surface area (Å²) in [6.45, 7) is 3.54. The Labute approximate surface area is 215 Å². The molecule has 0 spiro atoms. The van der Waals surface area contributed by atoms with Crippen molar-refractivity contribution in [3.05, 3.63) is 53.1 Å². The molecule has 3 aromatic rings. The second-order valence-corrected chi connectivity index (χ2v) is 9.40. The first-order valence-electron chi connectivity index (χ1n) is 10.9. The summed E-state index contributed by atoms with van der Waals surface area (Å²) < 4.78 is 19.2. The van der Waals surface area contributed by atoms with Crippen molar-refractivity contribution in [1.82, 2.24) is 15.3 Å². The van der Waals surface area contributed by atoms with Crippen molar-refractivity contribution >= 4 is 63.4 Å². The predicted molar refractivity (Wildman–Crippen MR) is 137 cm³/mol. The number of thioether (sulfide) groups is 1. The first-order valence-corrected chi connectivity index (χ1v) is 12.4. The Hall–Kier alpha value is -3.44. The molecular weight excluding hydrogens is 511 g/mol. The van der Waals surface area contributed by atoms with Crippen LogP contribution in [0.25, 0.3) is 10.9 Å². The molecule has 0 radical (unpaired) electrons. The SMILES string of the molecule is CCOc1cc2ncnc(Nc3ccc(F)c(Cl)c3)c2cc1CC(=O)CNC(=O)C(C)SCC(=O)O. The lowest BCUT2D eigenvalue weighted by Gasteiger charge is -2.14. The second-order valence-electron chi connectivity index (χ2n) is 7.67. The van der Waals surface area contributed by atoms with Crippen LogP contribution in [-0.2, 0) is 20.8 Å². The molecule has 1 aromatic heterocycles. The number of Topliss-reactive ketones (excluding diaryl/α,β-unsaturated/α-hetero) is 1. The number of carboxylic acids is 1. The maximum Gasteiger partial charge on any atom is 0.313 e. The largest absolute Gasteiger partial charge is 0.494 e. The molecule has 1 atom stereocenters. The molecule has 0 saturated heterocycles. The van der Waals surface area contributed by atoms with Gasteiger partial charge in [-0.05, 0) is 38.1 Å². The normalized spacial score (nSPS) is 11.7. The Kier molecular flexibility index (Phi) is 9.43. The zero-order valence-corrected chi connectivity index (χ0v) is 21.1. The molecule has 36 heavy (non-hydrogen) atoms. The van der Waals surface area contributed by atoms with E-state index < -0.39 is 22.9 Å². The van der Waals surface area contributed by atoms with Gasteiger partial charge in [-0.2, -0.15) is 0 Å². The number of ether oxygens (including phenoxy) is 1. The van der Waals surface area contributed by atoms with Crippen molar-refractivity contribution in [3.63, 3.8) is 0 Å². The molecule has 190 valence electrons. The average Bonchev–Trinajstić information content (AvgIpc) is 2.84. The highest BCUT2D eigenvalue weighted by atomic mass is 35.5. The zero-order chi connectivity index (χ0) is 26.2. The third-order valence-electron chi connectivity index (χ3n) is 4.97. The molecule has 1 amide bonds. The van der Waals surface area contributed by atoms with E-state index in [1.165, 1.54) is 24.5 Å². The molecule has 0 saturated carbocycles. The van der Waals surface area contributed by atoms with E-state index in [1.54, 1.807) is 19.1 Å². The van der Waals surface area contributed by atoms with Crippen LogP contribution < -0.4 is 15.4 Å². The molecule has 3 N–H and O–H groups in total. The molecule has 0 aliphatic heterocycles. The van der Waals surface area contributed by atoms with Crippen molar-refractivity contribution in [2.24, 2.45) is 0 Å². The summed E-state index contributed by atoms with van der Waals surface area (Å²) in [5, 5.41) is 14.3. The number of carbonyl (C=O) groups excluding carboxylic acids is 2.